The minimum Gasteiger partial charge on any atom is -0.491 e. The third-order valence-corrected chi connectivity index (χ3v) is 3.72. The number of ether oxygens (including phenoxy) is 3. The van der Waals surface area contributed by atoms with E-state index in [1.807, 2.05) is 48.5 Å². The Labute approximate surface area is 149 Å². The van der Waals surface area contributed by atoms with E-state index in [2.05, 4.69) is 20.4 Å². The molecule has 0 spiro atoms. The fourth-order valence-corrected chi connectivity index (χ4v) is 2.15. The van der Waals surface area contributed by atoms with E-state index in [4.69, 9.17) is 14.2 Å². The predicted molar refractivity (Wildman–Crippen MR) is 98.9 cm³/mol. The molecule has 0 amide bonds. The molecular weight excluding hydrogens is 316 g/mol. The number of rotatable bonds is 9. The molecule has 0 saturated carbocycles. The smallest absolute Gasteiger partial charge is 0.330 e. The average Bonchev–Trinajstić information content (AvgIpc) is 2.66. The van der Waals surface area contributed by atoms with E-state index in [0.717, 1.165) is 35.1 Å². The van der Waals surface area contributed by atoms with Crippen LogP contribution >= 0.6 is 0 Å². The molecule has 4 nitrogen and oxygen atoms in total. The molecule has 0 bridgehead atoms. The van der Waals surface area contributed by atoms with Crippen molar-refractivity contribution in [3.8, 4) is 22.6 Å². The second-order valence-electron chi connectivity index (χ2n) is 5.61. The molecule has 132 valence electrons. The van der Waals surface area contributed by atoms with Gasteiger partial charge in [0.2, 0.25) is 0 Å². The number of carbonyl (C=O) groups excluding carboxylic acids is 1. The monoisotopic (exact) mass is 340 g/mol. The lowest BCUT2D eigenvalue weighted by atomic mass is 10.1. The highest BCUT2D eigenvalue weighted by molar-refractivity contribution is 5.81. The first-order valence-corrected chi connectivity index (χ1v) is 8.41. The van der Waals surface area contributed by atoms with Crippen LogP contribution in [0.3, 0.4) is 0 Å². The normalized spacial score (nSPS) is 11.4. The van der Waals surface area contributed by atoms with Crippen molar-refractivity contribution in [2.75, 3.05) is 13.2 Å². The van der Waals surface area contributed by atoms with E-state index in [9.17, 15) is 4.79 Å². The molecule has 1 unspecified atom stereocenters. The number of esters is 1. The van der Waals surface area contributed by atoms with Crippen molar-refractivity contribution in [2.45, 2.75) is 26.4 Å². The lowest BCUT2D eigenvalue weighted by Crippen LogP contribution is -2.10. The molecule has 2 rings (SSSR count). The minimum atomic E-state index is -0.445. The molecule has 0 aliphatic heterocycles. The molecular formula is C21H24O4. The van der Waals surface area contributed by atoms with Gasteiger partial charge < -0.3 is 14.2 Å². The van der Waals surface area contributed by atoms with Crippen LogP contribution in [-0.4, -0.2) is 25.3 Å². The number of hydrogen-bond donors (Lipinski definition) is 0. The van der Waals surface area contributed by atoms with E-state index in [0.29, 0.717) is 6.61 Å². The third kappa shape index (κ3) is 5.99. The summed E-state index contributed by atoms with van der Waals surface area (Å²) < 4.78 is 16.2. The maximum Gasteiger partial charge on any atom is 0.330 e. The molecule has 0 aliphatic carbocycles. The van der Waals surface area contributed by atoms with Gasteiger partial charge in [-0.05, 0) is 48.7 Å². The summed E-state index contributed by atoms with van der Waals surface area (Å²) in [6, 6.07) is 15.8. The quantitative estimate of drug-likeness (QED) is 0.379. The Bertz CT molecular complexity index is 674. The summed E-state index contributed by atoms with van der Waals surface area (Å²) in [4.78, 5) is 10.9. The maximum atomic E-state index is 10.9. The van der Waals surface area contributed by atoms with Gasteiger partial charge >= 0.3 is 5.97 Å². The summed E-state index contributed by atoms with van der Waals surface area (Å²) in [5.74, 6) is 1.17. The Hall–Kier alpha value is -2.75. The standard InChI is InChI=1S/C21H24O4/c1-4-16(3)25-20-12-8-18(9-13-20)17-6-10-19(11-7-17)23-14-15-24-21(22)5-2/h5-13,16H,2,4,14-15H2,1,3H3. The summed E-state index contributed by atoms with van der Waals surface area (Å²) in [6.07, 6.45) is 2.33. The van der Waals surface area contributed by atoms with Crippen LogP contribution in [-0.2, 0) is 9.53 Å². The van der Waals surface area contributed by atoms with Gasteiger partial charge in [-0.2, -0.15) is 0 Å². The number of benzene rings is 2. The summed E-state index contributed by atoms with van der Waals surface area (Å²) in [5, 5.41) is 0. The Morgan fingerprint density at radius 2 is 1.56 bits per heavy atom. The summed E-state index contributed by atoms with van der Waals surface area (Å²) in [7, 11) is 0. The first kappa shape index (κ1) is 18.6. The van der Waals surface area contributed by atoms with Crippen LogP contribution in [0.5, 0.6) is 11.5 Å². The molecule has 2 aromatic carbocycles. The van der Waals surface area contributed by atoms with Crippen molar-refractivity contribution in [3.63, 3.8) is 0 Å². The SMILES string of the molecule is C=CC(=O)OCCOc1ccc(-c2ccc(OC(C)CC)cc2)cc1. The molecule has 0 heterocycles. The van der Waals surface area contributed by atoms with Gasteiger partial charge in [-0.1, -0.05) is 37.8 Å². The molecule has 0 saturated heterocycles. The third-order valence-electron chi connectivity index (χ3n) is 3.72. The van der Waals surface area contributed by atoms with Crippen LogP contribution in [0, 0.1) is 0 Å². The Morgan fingerprint density at radius 3 is 2.08 bits per heavy atom. The van der Waals surface area contributed by atoms with Gasteiger partial charge in [0.05, 0.1) is 6.10 Å². The van der Waals surface area contributed by atoms with E-state index >= 15 is 0 Å². The van der Waals surface area contributed by atoms with Crippen molar-refractivity contribution in [2.24, 2.45) is 0 Å². The van der Waals surface area contributed by atoms with E-state index < -0.39 is 5.97 Å². The number of hydrogen-bond acceptors (Lipinski definition) is 4. The molecule has 0 aromatic heterocycles. The van der Waals surface area contributed by atoms with E-state index in [1.54, 1.807) is 0 Å². The van der Waals surface area contributed by atoms with Gasteiger partial charge in [0.25, 0.3) is 0 Å². The highest BCUT2D eigenvalue weighted by atomic mass is 16.6. The van der Waals surface area contributed by atoms with Gasteiger partial charge in [0.1, 0.15) is 24.7 Å². The zero-order valence-corrected chi connectivity index (χ0v) is 14.7. The van der Waals surface area contributed by atoms with Crippen molar-refractivity contribution in [1.82, 2.24) is 0 Å². The Balaban J connectivity index is 1.88. The van der Waals surface area contributed by atoms with Crippen molar-refractivity contribution in [3.05, 3.63) is 61.2 Å². The van der Waals surface area contributed by atoms with Crippen LogP contribution < -0.4 is 9.47 Å². The predicted octanol–water partition coefficient (Wildman–Crippen LogP) is 4.64. The van der Waals surface area contributed by atoms with Gasteiger partial charge in [-0.25, -0.2) is 4.79 Å². The van der Waals surface area contributed by atoms with E-state index in [-0.39, 0.29) is 12.7 Å². The van der Waals surface area contributed by atoms with Crippen LogP contribution in [0.25, 0.3) is 11.1 Å². The molecule has 2 aromatic rings. The topological polar surface area (TPSA) is 44.8 Å². The zero-order chi connectivity index (χ0) is 18.1. The molecule has 0 aliphatic rings. The first-order valence-electron chi connectivity index (χ1n) is 8.41. The van der Waals surface area contributed by atoms with Crippen LogP contribution in [0.4, 0.5) is 0 Å². The fourth-order valence-electron chi connectivity index (χ4n) is 2.15. The Morgan fingerprint density at radius 1 is 1.00 bits per heavy atom. The van der Waals surface area contributed by atoms with Gasteiger partial charge in [-0.15, -0.1) is 0 Å². The molecule has 4 heteroatoms. The van der Waals surface area contributed by atoms with Crippen molar-refractivity contribution in [1.29, 1.82) is 0 Å². The van der Waals surface area contributed by atoms with Crippen molar-refractivity contribution >= 4 is 5.97 Å². The summed E-state index contributed by atoms with van der Waals surface area (Å²) in [5.41, 5.74) is 2.21. The zero-order valence-electron chi connectivity index (χ0n) is 14.7. The van der Waals surface area contributed by atoms with Crippen molar-refractivity contribution < 1.29 is 19.0 Å². The summed E-state index contributed by atoms with van der Waals surface area (Å²) in [6.45, 7) is 8.00. The molecule has 25 heavy (non-hydrogen) atoms. The van der Waals surface area contributed by atoms with Gasteiger partial charge in [-0.3, -0.25) is 0 Å². The molecule has 1 atom stereocenters. The lowest BCUT2D eigenvalue weighted by molar-refractivity contribution is -0.138. The Kier molecular flexibility index (Phi) is 7.08. The fraction of sp³-hybridized carbons (Fsp3) is 0.286. The number of carbonyl (C=O) groups is 1. The first-order chi connectivity index (χ1) is 12.1. The second kappa shape index (κ2) is 9.52. The highest BCUT2D eigenvalue weighted by Crippen LogP contribution is 2.25. The largest absolute Gasteiger partial charge is 0.491 e. The highest BCUT2D eigenvalue weighted by Gasteiger charge is 2.03. The maximum absolute atomic E-state index is 10.9. The lowest BCUT2D eigenvalue weighted by Gasteiger charge is -2.13. The molecule has 0 fully saturated rings. The average molecular weight is 340 g/mol. The molecule has 0 N–H and O–H groups in total. The van der Waals surface area contributed by atoms with Crippen LogP contribution in [0.1, 0.15) is 20.3 Å². The van der Waals surface area contributed by atoms with Gasteiger partial charge in [0.15, 0.2) is 0 Å². The van der Waals surface area contributed by atoms with Gasteiger partial charge in [0, 0.05) is 6.08 Å². The van der Waals surface area contributed by atoms with Crippen LogP contribution in [0.2, 0.25) is 0 Å². The molecule has 0 radical (unpaired) electrons. The summed E-state index contributed by atoms with van der Waals surface area (Å²) >= 11 is 0. The second-order valence-corrected chi connectivity index (χ2v) is 5.61. The van der Waals surface area contributed by atoms with E-state index in [1.165, 1.54) is 0 Å². The van der Waals surface area contributed by atoms with Crippen LogP contribution in [0.15, 0.2) is 61.2 Å². The minimum absolute atomic E-state index is 0.199.